The van der Waals surface area contributed by atoms with Gasteiger partial charge in [0.2, 0.25) is 0 Å². The van der Waals surface area contributed by atoms with Gasteiger partial charge in [0.25, 0.3) is 5.91 Å². The SMILES string of the molecule is C=C(NC(=O)NC)C(=O)N(C)C. The molecule has 0 heterocycles. The van der Waals surface area contributed by atoms with Gasteiger partial charge in [-0.15, -0.1) is 0 Å². The quantitative estimate of drug-likeness (QED) is 0.551. The summed E-state index contributed by atoms with van der Waals surface area (Å²) in [5.74, 6) is -0.321. The highest BCUT2D eigenvalue weighted by atomic mass is 16.2. The first-order valence-corrected chi connectivity index (χ1v) is 3.38. The van der Waals surface area contributed by atoms with Crippen molar-refractivity contribution in [1.29, 1.82) is 0 Å². The van der Waals surface area contributed by atoms with Crippen LogP contribution in [0, 0.1) is 0 Å². The third kappa shape index (κ3) is 3.05. The second-order valence-electron chi connectivity index (χ2n) is 2.38. The molecule has 5 heteroatoms. The standard InChI is InChI=1S/C7H13N3O2/c1-5(6(11)10(3)4)9-7(12)8-2/h1H2,2-4H3,(H2,8,9,12). The Morgan fingerprint density at radius 1 is 1.33 bits per heavy atom. The van der Waals surface area contributed by atoms with Crippen LogP contribution in [0.25, 0.3) is 0 Å². The first kappa shape index (κ1) is 10.5. The number of amides is 3. The third-order valence-corrected chi connectivity index (χ3v) is 1.16. The molecule has 0 aliphatic heterocycles. The van der Waals surface area contributed by atoms with E-state index in [0.717, 1.165) is 0 Å². The maximum Gasteiger partial charge on any atom is 0.319 e. The number of rotatable bonds is 2. The number of hydrogen-bond acceptors (Lipinski definition) is 2. The maximum absolute atomic E-state index is 11.1. The smallest absolute Gasteiger partial charge is 0.319 e. The number of carbonyl (C=O) groups is 2. The van der Waals surface area contributed by atoms with Gasteiger partial charge in [0.15, 0.2) is 0 Å². The molecule has 0 rings (SSSR count). The lowest BCUT2D eigenvalue weighted by molar-refractivity contribution is -0.125. The molecule has 0 atom stereocenters. The normalized spacial score (nSPS) is 8.58. The summed E-state index contributed by atoms with van der Waals surface area (Å²) >= 11 is 0. The molecule has 0 spiro atoms. The average molecular weight is 171 g/mol. The van der Waals surface area contributed by atoms with Gasteiger partial charge in [-0.1, -0.05) is 6.58 Å². The van der Waals surface area contributed by atoms with Crippen LogP contribution in [0.3, 0.4) is 0 Å². The summed E-state index contributed by atoms with van der Waals surface area (Å²) in [6, 6.07) is -0.449. The van der Waals surface area contributed by atoms with Crippen molar-refractivity contribution in [2.24, 2.45) is 0 Å². The van der Waals surface area contributed by atoms with E-state index >= 15 is 0 Å². The van der Waals surface area contributed by atoms with Crippen LogP contribution in [0.4, 0.5) is 4.79 Å². The summed E-state index contributed by atoms with van der Waals surface area (Å²) in [5.41, 5.74) is 0.0550. The van der Waals surface area contributed by atoms with Gasteiger partial charge < -0.3 is 15.5 Å². The Morgan fingerprint density at radius 3 is 2.17 bits per heavy atom. The number of nitrogens with zero attached hydrogens (tertiary/aromatic N) is 1. The minimum atomic E-state index is -0.449. The van der Waals surface area contributed by atoms with Crippen LogP contribution in [0.2, 0.25) is 0 Å². The molecule has 2 N–H and O–H groups in total. The Hall–Kier alpha value is -1.52. The Labute approximate surface area is 71.4 Å². The lowest BCUT2D eigenvalue weighted by Crippen LogP contribution is -2.38. The first-order valence-electron chi connectivity index (χ1n) is 3.38. The fourth-order valence-electron chi connectivity index (χ4n) is 0.523. The van der Waals surface area contributed by atoms with E-state index in [0.29, 0.717) is 0 Å². The fraction of sp³-hybridized carbons (Fsp3) is 0.429. The molecule has 5 nitrogen and oxygen atoms in total. The average Bonchev–Trinajstić information content (AvgIpc) is 2.02. The van der Waals surface area contributed by atoms with Crippen molar-refractivity contribution in [2.75, 3.05) is 21.1 Å². The zero-order valence-corrected chi connectivity index (χ0v) is 7.47. The van der Waals surface area contributed by atoms with Gasteiger partial charge >= 0.3 is 6.03 Å². The number of likely N-dealkylation sites (N-methyl/N-ethyl adjacent to an activating group) is 1. The highest BCUT2D eigenvalue weighted by Gasteiger charge is 2.10. The predicted octanol–water partition coefficient (Wildman–Crippen LogP) is -0.483. The zero-order chi connectivity index (χ0) is 9.72. The van der Waals surface area contributed by atoms with Crippen LogP contribution in [-0.4, -0.2) is 38.0 Å². The van der Waals surface area contributed by atoms with Crippen LogP contribution in [-0.2, 0) is 4.79 Å². The van der Waals surface area contributed by atoms with Crippen molar-refractivity contribution >= 4 is 11.9 Å². The molecule has 0 unspecified atom stereocenters. The van der Waals surface area contributed by atoms with Gasteiger partial charge in [0.05, 0.1) is 0 Å². The van der Waals surface area contributed by atoms with E-state index in [9.17, 15) is 9.59 Å². The number of carbonyl (C=O) groups excluding carboxylic acids is 2. The highest BCUT2D eigenvalue weighted by molar-refractivity contribution is 5.96. The fourth-order valence-corrected chi connectivity index (χ4v) is 0.523. The van der Waals surface area contributed by atoms with Gasteiger partial charge in [0.1, 0.15) is 5.70 Å². The van der Waals surface area contributed by atoms with E-state index < -0.39 is 6.03 Å². The predicted molar refractivity (Wildman–Crippen MR) is 45.4 cm³/mol. The largest absolute Gasteiger partial charge is 0.344 e. The Kier molecular flexibility index (Phi) is 3.82. The summed E-state index contributed by atoms with van der Waals surface area (Å²) in [4.78, 5) is 23.1. The van der Waals surface area contributed by atoms with Crippen LogP contribution >= 0.6 is 0 Å². The molecule has 68 valence electrons. The van der Waals surface area contributed by atoms with Crippen molar-refractivity contribution in [3.05, 3.63) is 12.3 Å². The Balaban J connectivity index is 4.05. The van der Waals surface area contributed by atoms with Gasteiger partial charge in [-0.05, 0) is 0 Å². The second-order valence-corrected chi connectivity index (χ2v) is 2.38. The minimum absolute atomic E-state index is 0.0550. The number of urea groups is 1. The van der Waals surface area contributed by atoms with Crippen molar-refractivity contribution < 1.29 is 9.59 Å². The lowest BCUT2D eigenvalue weighted by atomic mass is 10.4. The van der Waals surface area contributed by atoms with E-state index in [1.807, 2.05) is 0 Å². The van der Waals surface area contributed by atoms with Crippen LogP contribution < -0.4 is 10.6 Å². The van der Waals surface area contributed by atoms with Gasteiger partial charge in [-0.3, -0.25) is 4.79 Å². The molecule has 0 aromatic carbocycles. The molecular weight excluding hydrogens is 158 g/mol. The molecule has 0 saturated heterocycles. The third-order valence-electron chi connectivity index (χ3n) is 1.16. The molecule has 0 aromatic heterocycles. The maximum atomic E-state index is 11.1. The highest BCUT2D eigenvalue weighted by Crippen LogP contribution is 1.89. The Morgan fingerprint density at radius 2 is 1.83 bits per heavy atom. The van der Waals surface area contributed by atoms with E-state index in [2.05, 4.69) is 17.2 Å². The van der Waals surface area contributed by atoms with Crippen LogP contribution in [0.5, 0.6) is 0 Å². The molecule has 0 bridgehead atoms. The van der Waals surface area contributed by atoms with Gasteiger partial charge in [0, 0.05) is 21.1 Å². The minimum Gasteiger partial charge on any atom is -0.344 e. The van der Waals surface area contributed by atoms with Gasteiger partial charge in [-0.2, -0.15) is 0 Å². The first-order chi connectivity index (χ1) is 5.49. The molecule has 0 aromatic rings. The van der Waals surface area contributed by atoms with Gasteiger partial charge in [-0.25, -0.2) is 4.79 Å². The molecule has 0 saturated carbocycles. The summed E-state index contributed by atoms with van der Waals surface area (Å²) in [7, 11) is 4.63. The Bertz CT molecular complexity index is 211. The van der Waals surface area contributed by atoms with Crippen molar-refractivity contribution in [2.45, 2.75) is 0 Å². The van der Waals surface area contributed by atoms with Crippen molar-refractivity contribution in [1.82, 2.24) is 15.5 Å². The molecule has 0 aliphatic rings. The number of nitrogens with one attached hydrogen (secondary N) is 2. The molecular formula is C7H13N3O2. The summed E-state index contributed by atoms with van der Waals surface area (Å²) in [5, 5.41) is 4.58. The monoisotopic (exact) mass is 171 g/mol. The second kappa shape index (κ2) is 4.38. The molecule has 12 heavy (non-hydrogen) atoms. The summed E-state index contributed by atoms with van der Waals surface area (Å²) < 4.78 is 0. The molecule has 0 radical (unpaired) electrons. The van der Waals surface area contributed by atoms with E-state index in [1.54, 1.807) is 14.1 Å². The molecule has 0 aliphatic carbocycles. The lowest BCUT2D eigenvalue weighted by Gasteiger charge is -2.12. The van der Waals surface area contributed by atoms with E-state index in [1.165, 1.54) is 11.9 Å². The zero-order valence-electron chi connectivity index (χ0n) is 7.47. The van der Waals surface area contributed by atoms with E-state index in [4.69, 9.17) is 0 Å². The summed E-state index contributed by atoms with van der Waals surface area (Å²) in [6.07, 6.45) is 0. The van der Waals surface area contributed by atoms with Crippen LogP contribution in [0.1, 0.15) is 0 Å². The van der Waals surface area contributed by atoms with E-state index in [-0.39, 0.29) is 11.6 Å². The topological polar surface area (TPSA) is 61.4 Å². The van der Waals surface area contributed by atoms with Crippen molar-refractivity contribution in [3.63, 3.8) is 0 Å². The molecule has 3 amide bonds. The van der Waals surface area contributed by atoms with Crippen LogP contribution in [0.15, 0.2) is 12.3 Å². The molecule has 0 fully saturated rings. The number of hydrogen-bond donors (Lipinski definition) is 2. The van der Waals surface area contributed by atoms with Crippen molar-refractivity contribution in [3.8, 4) is 0 Å². The summed E-state index contributed by atoms with van der Waals surface area (Å²) in [6.45, 7) is 3.40.